The van der Waals surface area contributed by atoms with E-state index >= 15 is 0 Å². The van der Waals surface area contributed by atoms with Gasteiger partial charge in [0.15, 0.2) is 0 Å². The molecule has 1 saturated carbocycles. The van der Waals surface area contributed by atoms with Gasteiger partial charge in [0, 0.05) is 5.88 Å². The predicted octanol–water partition coefficient (Wildman–Crippen LogP) is 3.26. The van der Waals surface area contributed by atoms with Crippen molar-refractivity contribution < 1.29 is 0 Å². The Morgan fingerprint density at radius 1 is 1.29 bits per heavy atom. The summed E-state index contributed by atoms with van der Waals surface area (Å²) in [5.41, 5.74) is 0.842. The van der Waals surface area contributed by atoms with Crippen molar-refractivity contribution in [2.45, 2.75) is 38.1 Å². The average Bonchev–Trinajstić information content (AvgIpc) is 2.99. The van der Waals surface area contributed by atoms with Crippen molar-refractivity contribution in [3.63, 3.8) is 0 Å². The molecule has 1 aromatic carbocycles. The predicted molar refractivity (Wildman–Crippen MR) is 83.9 cm³/mol. The summed E-state index contributed by atoms with van der Waals surface area (Å²) in [7, 11) is 0. The number of tetrazole rings is 1. The van der Waals surface area contributed by atoms with Gasteiger partial charge in [-0.25, -0.2) is 0 Å². The van der Waals surface area contributed by atoms with Crippen LogP contribution in [0.5, 0.6) is 0 Å². The fraction of sp³-hybridized carbons (Fsp3) is 0.533. The maximum atomic E-state index is 6.26. The summed E-state index contributed by atoms with van der Waals surface area (Å²) in [4.78, 5) is 0. The largest absolute Gasteiger partial charge is 0.346 e. The SMILES string of the molecule is CC1CCC(CCl)(Nc2nnnn2-c2ccccc2)CC1. The van der Waals surface area contributed by atoms with E-state index in [0.717, 1.165) is 24.4 Å². The van der Waals surface area contributed by atoms with Crippen LogP contribution < -0.4 is 5.32 Å². The lowest BCUT2D eigenvalue weighted by Crippen LogP contribution is -2.44. The summed E-state index contributed by atoms with van der Waals surface area (Å²) in [6, 6.07) is 9.89. The van der Waals surface area contributed by atoms with Crippen LogP contribution in [-0.4, -0.2) is 31.6 Å². The number of alkyl halides is 1. The Bertz CT molecular complexity index is 575. The standard InChI is InChI=1S/C15H20ClN5/c1-12-7-9-15(11-16,10-8-12)17-14-18-19-20-21(14)13-5-3-2-4-6-13/h2-6,12H,7-11H2,1H3,(H,17,18,20). The molecule has 1 aliphatic carbocycles. The molecule has 0 bridgehead atoms. The van der Waals surface area contributed by atoms with E-state index < -0.39 is 0 Å². The molecule has 0 aliphatic heterocycles. The molecule has 21 heavy (non-hydrogen) atoms. The summed E-state index contributed by atoms with van der Waals surface area (Å²) >= 11 is 6.26. The van der Waals surface area contributed by atoms with E-state index in [4.69, 9.17) is 11.6 Å². The van der Waals surface area contributed by atoms with Crippen molar-refractivity contribution >= 4 is 17.5 Å². The van der Waals surface area contributed by atoms with Gasteiger partial charge >= 0.3 is 0 Å². The molecule has 1 aliphatic rings. The molecule has 112 valence electrons. The Morgan fingerprint density at radius 3 is 2.67 bits per heavy atom. The van der Waals surface area contributed by atoms with Crippen LogP contribution in [0.3, 0.4) is 0 Å². The van der Waals surface area contributed by atoms with Gasteiger partial charge < -0.3 is 5.32 Å². The third-order valence-corrected chi connectivity index (χ3v) is 4.85. The lowest BCUT2D eigenvalue weighted by Gasteiger charge is -2.38. The fourth-order valence-corrected chi connectivity index (χ4v) is 3.19. The third kappa shape index (κ3) is 3.02. The van der Waals surface area contributed by atoms with Gasteiger partial charge in [-0.2, -0.15) is 4.68 Å². The highest BCUT2D eigenvalue weighted by Gasteiger charge is 2.34. The van der Waals surface area contributed by atoms with Crippen molar-refractivity contribution in [2.75, 3.05) is 11.2 Å². The monoisotopic (exact) mass is 305 g/mol. The molecule has 6 heteroatoms. The topological polar surface area (TPSA) is 55.6 Å². The Balaban J connectivity index is 1.84. The zero-order valence-corrected chi connectivity index (χ0v) is 12.9. The second kappa shape index (κ2) is 6.02. The van der Waals surface area contributed by atoms with Crippen LogP contribution in [0.25, 0.3) is 5.69 Å². The number of aromatic nitrogens is 4. The molecule has 5 nitrogen and oxygen atoms in total. The van der Waals surface area contributed by atoms with E-state index in [9.17, 15) is 0 Å². The molecule has 0 radical (unpaired) electrons. The van der Waals surface area contributed by atoms with Crippen LogP contribution in [-0.2, 0) is 0 Å². The minimum Gasteiger partial charge on any atom is -0.346 e. The summed E-state index contributed by atoms with van der Waals surface area (Å²) in [6.07, 6.45) is 4.48. The van der Waals surface area contributed by atoms with Crippen LogP contribution >= 0.6 is 11.6 Å². The van der Waals surface area contributed by atoms with Crippen molar-refractivity contribution in [2.24, 2.45) is 5.92 Å². The second-order valence-electron chi connectivity index (χ2n) is 5.97. The minimum absolute atomic E-state index is 0.102. The highest BCUT2D eigenvalue weighted by molar-refractivity contribution is 6.18. The Labute approximate surface area is 129 Å². The van der Waals surface area contributed by atoms with Gasteiger partial charge in [-0.15, -0.1) is 11.6 Å². The highest BCUT2D eigenvalue weighted by atomic mass is 35.5. The first-order valence-electron chi connectivity index (χ1n) is 7.40. The van der Waals surface area contributed by atoms with Gasteiger partial charge in [0.25, 0.3) is 0 Å². The number of hydrogen-bond acceptors (Lipinski definition) is 4. The molecule has 2 aromatic rings. The normalized spacial score (nSPS) is 25.7. The van der Waals surface area contributed by atoms with E-state index in [-0.39, 0.29) is 5.54 Å². The van der Waals surface area contributed by atoms with Crippen molar-refractivity contribution in [1.29, 1.82) is 0 Å². The van der Waals surface area contributed by atoms with Crippen molar-refractivity contribution in [3.05, 3.63) is 30.3 Å². The molecular weight excluding hydrogens is 286 g/mol. The molecule has 3 rings (SSSR count). The van der Waals surface area contributed by atoms with Crippen LogP contribution in [0.15, 0.2) is 30.3 Å². The molecule has 1 aromatic heterocycles. The van der Waals surface area contributed by atoms with Gasteiger partial charge in [-0.05, 0) is 54.2 Å². The first kappa shape index (κ1) is 14.3. The van der Waals surface area contributed by atoms with Gasteiger partial charge in [0.2, 0.25) is 5.95 Å². The fourth-order valence-electron chi connectivity index (χ4n) is 2.85. The number of rotatable bonds is 4. The molecule has 0 amide bonds. The number of nitrogens with zero attached hydrogens (tertiary/aromatic N) is 4. The maximum Gasteiger partial charge on any atom is 0.248 e. The number of halogens is 1. The van der Waals surface area contributed by atoms with Gasteiger partial charge in [-0.3, -0.25) is 0 Å². The Hall–Kier alpha value is -1.62. The lowest BCUT2D eigenvalue weighted by atomic mass is 9.78. The van der Waals surface area contributed by atoms with Crippen molar-refractivity contribution in [3.8, 4) is 5.69 Å². The number of hydrogen-bond donors (Lipinski definition) is 1. The zero-order valence-electron chi connectivity index (χ0n) is 12.2. The Morgan fingerprint density at radius 2 is 2.00 bits per heavy atom. The number of nitrogens with one attached hydrogen (secondary N) is 1. The third-order valence-electron chi connectivity index (χ3n) is 4.33. The number of anilines is 1. The maximum absolute atomic E-state index is 6.26. The number of benzene rings is 1. The molecule has 0 unspecified atom stereocenters. The first-order chi connectivity index (χ1) is 10.2. The van der Waals surface area contributed by atoms with Crippen LogP contribution in [0.1, 0.15) is 32.6 Å². The van der Waals surface area contributed by atoms with Gasteiger partial charge in [-0.1, -0.05) is 30.2 Å². The smallest absolute Gasteiger partial charge is 0.248 e. The highest BCUT2D eigenvalue weighted by Crippen LogP contribution is 2.35. The summed E-state index contributed by atoms with van der Waals surface area (Å²) in [5.74, 6) is 2.01. The zero-order chi connectivity index (χ0) is 14.7. The second-order valence-corrected chi connectivity index (χ2v) is 6.24. The molecule has 0 saturated heterocycles. The minimum atomic E-state index is -0.102. The first-order valence-corrected chi connectivity index (χ1v) is 7.94. The molecule has 1 N–H and O–H groups in total. The van der Waals surface area contributed by atoms with E-state index in [1.165, 1.54) is 12.8 Å². The Kier molecular flexibility index (Phi) is 4.10. The van der Waals surface area contributed by atoms with E-state index in [2.05, 4.69) is 27.8 Å². The molecule has 0 spiro atoms. The van der Waals surface area contributed by atoms with Gasteiger partial charge in [0.1, 0.15) is 0 Å². The molecular formula is C15H20ClN5. The molecule has 1 heterocycles. The number of para-hydroxylation sites is 1. The van der Waals surface area contributed by atoms with Crippen LogP contribution in [0.2, 0.25) is 0 Å². The summed E-state index contributed by atoms with van der Waals surface area (Å²) < 4.78 is 1.73. The van der Waals surface area contributed by atoms with Crippen LogP contribution in [0.4, 0.5) is 5.95 Å². The summed E-state index contributed by atoms with van der Waals surface area (Å²) in [6.45, 7) is 2.30. The molecule has 0 atom stereocenters. The quantitative estimate of drug-likeness (QED) is 0.881. The van der Waals surface area contributed by atoms with E-state index in [1.54, 1.807) is 4.68 Å². The summed E-state index contributed by atoms with van der Waals surface area (Å²) in [5, 5.41) is 15.5. The van der Waals surface area contributed by atoms with Crippen molar-refractivity contribution in [1.82, 2.24) is 20.2 Å². The average molecular weight is 306 g/mol. The molecule has 1 fully saturated rings. The van der Waals surface area contributed by atoms with Crippen LogP contribution in [0, 0.1) is 5.92 Å². The van der Waals surface area contributed by atoms with E-state index in [0.29, 0.717) is 11.8 Å². The lowest BCUT2D eigenvalue weighted by molar-refractivity contribution is 0.285. The van der Waals surface area contributed by atoms with E-state index in [1.807, 2.05) is 30.3 Å². The van der Waals surface area contributed by atoms with Gasteiger partial charge in [0.05, 0.1) is 11.2 Å².